The summed E-state index contributed by atoms with van der Waals surface area (Å²) in [4.78, 5) is 11.2. The van der Waals surface area contributed by atoms with E-state index in [0.29, 0.717) is 12.4 Å². The number of imidazole rings is 1. The molecule has 7 heteroatoms. The van der Waals surface area contributed by atoms with Crippen molar-refractivity contribution in [2.75, 3.05) is 37.7 Å². The van der Waals surface area contributed by atoms with Crippen molar-refractivity contribution < 1.29 is 14.7 Å². The monoisotopic (exact) mass is 418 g/mol. The summed E-state index contributed by atoms with van der Waals surface area (Å²) in [5.41, 5.74) is 2.94. The molecule has 0 unspecified atom stereocenters. The van der Waals surface area contributed by atoms with E-state index in [2.05, 4.69) is 27.0 Å². The zero-order valence-corrected chi connectivity index (χ0v) is 17.9. The lowest BCUT2D eigenvalue weighted by atomic mass is 10.1. The van der Waals surface area contributed by atoms with Gasteiger partial charge in [-0.3, -0.25) is 0 Å². The van der Waals surface area contributed by atoms with Gasteiger partial charge in [0.1, 0.15) is 23.4 Å². The van der Waals surface area contributed by atoms with Gasteiger partial charge in [0, 0.05) is 0 Å². The molecule has 0 saturated carbocycles. The maximum absolute atomic E-state index is 10.9. The Morgan fingerprint density at radius 1 is 1.23 bits per heavy atom. The third-order valence-electron chi connectivity index (χ3n) is 5.93. The Hall–Kier alpha value is -3.50. The van der Waals surface area contributed by atoms with Gasteiger partial charge in [-0.2, -0.15) is 5.26 Å². The summed E-state index contributed by atoms with van der Waals surface area (Å²) in [6.07, 6.45) is 0. The van der Waals surface area contributed by atoms with E-state index < -0.39 is 0 Å². The number of aliphatic hydroxyl groups excluding tert-OH is 1. The third-order valence-corrected chi connectivity index (χ3v) is 5.93. The van der Waals surface area contributed by atoms with Crippen LogP contribution in [0.3, 0.4) is 0 Å². The second-order valence-electron chi connectivity index (χ2n) is 7.74. The largest absolute Gasteiger partial charge is 0.505 e. The van der Waals surface area contributed by atoms with Gasteiger partial charge in [0.05, 0.1) is 49.5 Å². The normalized spacial score (nSPS) is 16.6. The fourth-order valence-corrected chi connectivity index (χ4v) is 4.18. The molecule has 160 valence electrons. The molecule has 0 spiro atoms. The molecule has 2 heterocycles. The van der Waals surface area contributed by atoms with Crippen LogP contribution in [0.5, 0.6) is 5.75 Å². The van der Waals surface area contributed by atoms with Gasteiger partial charge in [0.15, 0.2) is 11.6 Å². The molecule has 3 aromatic rings. The number of nitrogens with zero attached hydrogens (tertiary/aromatic N) is 3. The number of aliphatic hydroxyl groups is 1. The van der Waals surface area contributed by atoms with Crippen LogP contribution in [0.1, 0.15) is 19.7 Å². The fourth-order valence-electron chi connectivity index (χ4n) is 4.18. The van der Waals surface area contributed by atoms with Crippen LogP contribution in [0.4, 0.5) is 5.69 Å². The van der Waals surface area contributed by atoms with E-state index in [0.717, 1.165) is 48.6 Å². The molecule has 1 aliphatic rings. The minimum absolute atomic E-state index is 0.0831. The molecule has 4 rings (SSSR count). The predicted molar refractivity (Wildman–Crippen MR) is 121 cm³/mol. The number of nitriles is 1. The maximum Gasteiger partial charge on any atom is 0.172 e. The van der Waals surface area contributed by atoms with E-state index in [-0.39, 0.29) is 17.4 Å². The molecule has 1 aliphatic heterocycles. The van der Waals surface area contributed by atoms with Crippen molar-refractivity contribution in [2.24, 2.45) is 0 Å². The summed E-state index contributed by atoms with van der Waals surface area (Å²) in [6.45, 7) is 8.00. The molecule has 2 aromatic carbocycles. The first-order valence-corrected chi connectivity index (χ1v) is 10.7. The first-order valence-electron chi connectivity index (χ1n) is 10.7. The lowest BCUT2D eigenvalue weighted by Crippen LogP contribution is -3.18. The molecular weight excluding hydrogens is 390 g/mol. The lowest BCUT2D eigenvalue weighted by molar-refractivity contribution is -0.919. The van der Waals surface area contributed by atoms with Crippen molar-refractivity contribution in [1.29, 1.82) is 5.26 Å². The second kappa shape index (κ2) is 9.11. The molecule has 1 fully saturated rings. The zero-order valence-electron chi connectivity index (χ0n) is 17.9. The van der Waals surface area contributed by atoms with Crippen molar-refractivity contribution in [2.45, 2.75) is 19.9 Å². The maximum atomic E-state index is 10.9. The van der Waals surface area contributed by atoms with E-state index in [9.17, 15) is 10.4 Å². The van der Waals surface area contributed by atoms with Crippen molar-refractivity contribution in [3.8, 4) is 11.8 Å². The van der Waals surface area contributed by atoms with Gasteiger partial charge in [-0.05, 0) is 38.1 Å². The number of benzene rings is 2. The highest BCUT2D eigenvalue weighted by molar-refractivity contribution is 5.82. The van der Waals surface area contributed by atoms with Crippen LogP contribution in [-0.2, 0) is 0 Å². The van der Waals surface area contributed by atoms with Gasteiger partial charge in [-0.15, -0.1) is 0 Å². The van der Waals surface area contributed by atoms with E-state index in [1.165, 1.54) is 4.90 Å². The van der Waals surface area contributed by atoms with Crippen molar-refractivity contribution >= 4 is 22.3 Å². The van der Waals surface area contributed by atoms with Gasteiger partial charge in [0.2, 0.25) is 0 Å². The quantitative estimate of drug-likeness (QED) is 0.423. The number of allylic oxidation sites excluding steroid dienone is 1. The third kappa shape index (κ3) is 4.21. The molecule has 7 nitrogen and oxygen atoms in total. The molecule has 1 saturated heterocycles. The van der Waals surface area contributed by atoms with Crippen LogP contribution in [0.2, 0.25) is 0 Å². The Balaban J connectivity index is 1.50. The zero-order chi connectivity index (χ0) is 21.8. The first kappa shape index (κ1) is 20.8. The number of hydrogen-bond donors (Lipinski definition) is 3. The number of anilines is 1. The minimum atomic E-state index is -0.202. The number of hydrogen-bond acceptors (Lipinski definition) is 5. The lowest BCUT2D eigenvalue weighted by Gasteiger charge is -2.36. The minimum Gasteiger partial charge on any atom is -0.505 e. The molecule has 31 heavy (non-hydrogen) atoms. The number of piperazine rings is 1. The molecule has 0 bridgehead atoms. The van der Waals surface area contributed by atoms with Crippen LogP contribution in [0, 0.1) is 11.3 Å². The molecule has 3 N–H and O–H groups in total. The highest BCUT2D eigenvalue weighted by atomic mass is 16.5. The summed E-state index contributed by atoms with van der Waals surface area (Å²) >= 11 is 0. The van der Waals surface area contributed by atoms with E-state index >= 15 is 0 Å². The van der Waals surface area contributed by atoms with Crippen molar-refractivity contribution in [3.63, 3.8) is 0 Å². The Labute approximate surface area is 182 Å². The van der Waals surface area contributed by atoms with Crippen LogP contribution < -0.4 is 14.5 Å². The van der Waals surface area contributed by atoms with Crippen molar-refractivity contribution in [1.82, 2.24) is 9.97 Å². The van der Waals surface area contributed by atoms with E-state index in [4.69, 9.17) is 4.74 Å². The summed E-state index contributed by atoms with van der Waals surface area (Å²) < 4.78 is 5.78. The summed E-state index contributed by atoms with van der Waals surface area (Å²) in [5, 5.41) is 20.7. The smallest absolute Gasteiger partial charge is 0.172 e. The van der Waals surface area contributed by atoms with Crippen LogP contribution in [-0.4, -0.2) is 53.9 Å². The Morgan fingerprint density at radius 3 is 2.65 bits per heavy atom. The van der Waals surface area contributed by atoms with Crippen molar-refractivity contribution in [3.05, 3.63) is 60.1 Å². The highest BCUT2D eigenvalue weighted by Gasteiger charge is 2.30. The molecule has 0 radical (unpaired) electrons. The van der Waals surface area contributed by atoms with Gasteiger partial charge in [0.25, 0.3) is 0 Å². The van der Waals surface area contributed by atoms with Gasteiger partial charge in [-0.1, -0.05) is 24.3 Å². The number of rotatable bonds is 6. The number of para-hydroxylation sites is 4. The number of quaternary nitrogens is 1. The van der Waals surface area contributed by atoms with Gasteiger partial charge in [-0.25, -0.2) is 4.98 Å². The summed E-state index contributed by atoms with van der Waals surface area (Å²) in [7, 11) is 0. The topological polar surface area (TPSA) is 89.6 Å². The van der Waals surface area contributed by atoms with Crippen LogP contribution in [0.15, 0.2) is 54.3 Å². The molecule has 1 atom stereocenters. The Bertz CT molecular complexity index is 1090. The Kier molecular flexibility index (Phi) is 6.10. The van der Waals surface area contributed by atoms with E-state index in [1.54, 1.807) is 0 Å². The van der Waals surface area contributed by atoms with Crippen LogP contribution >= 0.6 is 0 Å². The summed E-state index contributed by atoms with van der Waals surface area (Å²) in [5.74, 6) is 1.40. The fraction of sp³-hybridized carbons (Fsp3) is 0.333. The average Bonchev–Trinajstić information content (AvgIpc) is 3.23. The molecule has 0 amide bonds. The second-order valence-corrected chi connectivity index (χ2v) is 7.74. The summed E-state index contributed by atoms with van der Waals surface area (Å²) in [6, 6.07) is 17.7. The Morgan fingerprint density at radius 2 is 1.94 bits per heavy atom. The standard InChI is InChI=1S/C24H27N5O2/c1-3-31-22-11-7-6-10-21(22)29-14-12-28(13-15-29)17(2)23(30)18(16-25)24-26-19-8-4-5-9-20(19)27-24/h4-11,17,30H,3,12-15H2,1-2H3,(H,26,27)/p+1/b23-18-/t17-/m1/s1. The number of aromatic nitrogens is 2. The van der Waals surface area contributed by atoms with Gasteiger partial charge >= 0.3 is 0 Å². The van der Waals surface area contributed by atoms with Gasteiger partial charge < -0.3 is 24.6 Å². The number of H-pyrrole nitrogens is 1. The number of aromatic amines is 1. The average molecular weight is 419 g/mol. The molecular formula is C24H28N5O2+. The highest BCUT2D eigenvalue weighted by Crippen LogP contribution is 2.28. The number of ether oxygens (including phenoxy) is 1. The SMILES string of the molecule is CCOc1ccccc1N1CC[NH+]([C@H](C)/C(O)=C(\C#N)c2nc3ccccc3[nH]2)CC1. The number of nitrogens with one attached hydrogen (secondary N) is 2. The molecule has 0 aliphatic carbocycles. The van der Waals surface area contributed by atoms with Crippen LogP contribution in [0.25, 0.3) is 16.6 Å². The molecule has 1 aromatic heterocycles. The predicted octanol–water partition coefficient (Wildman–Crippen LogP) is 2.55. The first-order chi connectivity index (χ1) is 15.1. The number of fused-ring (bicyclic) bond motifs is 1. The van der Waals surface area contributed by atoms with E-state index in [1.807, 2.05) is 56.3 Å².